The Kier molecular flexibility index (Phi) is 4.59. The number of hydrogen-bond acceptors (Lipinski definition) is 5. The number of pyridine rings is 1. The molecular weight excluding hydrogens is 320 g/mol. The van der Waals surface area contributed by atoms with Crippen molar-refractivity contribution in [3.8, 4) is 5.75 Å². The third-order valence-corrected chi connectivity index (χ3v) is 4.68. The maximum atomic E-state index is 12.9. The van der Waals surface area contributed by atoms with E-state index < -0.39 is 5.56 Å². The van der Waals surface area contributed by atoms with Gasteiger partial charge >= 0.3 is 0 Å². The van der Waals surface area contributed by atoms with Crippen molar-refractivity contribution in [2.24, 2.45) is 0 Å². The van der Waals surface area contributed by atoms with Crippen LogP contribution in [0.15, 0.2) is 42.0 Å². The van der Waals surface area contributed by atoms with Gasteiger partial charge in [-0.3, -0.25) is 18.9 Å². The average Bonchev–Trinajstić information content (AvgIpc) is 2.58. The van der Waals surface area contributed by atoms with Crippen LogP contribution in [0.4, 0.5) is 0 Å². The second kappa shape index (κ2) is 6.68. The molecule has 1 amide bonds. The van der Waals surface area contributed by atoms with Gasteiger partial charge in [0.1, 0.15) is 5.56 Å². The number of amides is 1. The molecule has 0 bridgehead atoms. The minimum Gasteiger partial charge on any atom is -0.504 e. The van der Waals surface area contributed by atoms with Gasteiger partial charge in [-0.2, -0.15) is 0 Å². The van der Waals surface area contributed by atoms with Crippen molar-refractivity contribution in [2.45, 2.75) is 25.9 Å². The Morgan fingerprint density at radius 2 is 2.16 bits per heavy atom. The Bertz CT molecular complexity index is 876. The predicted octanol–water partition coefficient (Wildman–Crippen LogP) is 1.12. The van der Waals surface area contributed by atoms with E-state index in [0.717, 1.165) is 13.1 Å². The average molecular weight is 342 g/mol. The number of aromatic hydroxyl groups is 1. The number of aromatic nitrogens is 2. The van der Waals surface area contributed by atoms with Gasteiger partial charge in [-0.15, -0.1) is 6.58 Å². The van der Waals surface area contributed by atoms with Crippen molar-refractivity contribution in [1.82, 2.24) is 19.2 Å². The fraction of sp³-hybridized carbons (Fsp3) is 0.389. The van der Waals surface area contributed by atoms with Crippen LogP contribution in [0.2, 0.25) is 0 Å². The van der Waals surface area contributed by atoms with E-state index in [0.29, 0.717) is 6.54 Å². The summed E-state index contributed by atoms with van der Waals surface area (Å²) >= 11 is 0. The van der Waals surface area contributed by atoms with E-state index in [2.05, 4.69) is 23.4 Å². The highest BCUT2D eigenvalue weighted by atomic mass is 16.3. The first-order valence-corrected chi connectivity index (χ1v) is 8.29. The normalized spacial score (nSPS) is 21.4. The Balaban J connectivity index is 1.94. The molecule has 2 atom stereocenters. The molecule has 3 rings (SSSR count). The first kappa shape index (κ1) is 17.2. The van der Waals surface area contributed by atoms with Crippen LogP contribution in [0, 0.1) is 0 Å². The summed E-state index contributed by atoms with van der Waals surface area (Å²) in [5.74, 6) is -0.425. The summed E-state index contributed by atoms with van der Waals surface area (Å²) in [6.07, 6.45) is 4.61. The fourth-order valence-electron chi connectivity index (χ4n) is 3.29. The maximum absolute atomic E-state index is 12.9. The molecule has 2 unspecified atom stereocenters. The van der Waals surface area contributed by atoms with Crippen LogP contribution in [-0.2, 0) is 0 Å². The van der Waals surface area contributed by atoms with Crippen LogP contribution in [-0.4, -0.2) is 61.9 Å². The smallest absolute Gasteiger partial charge is 0.270 e. The number of piperazine rings is 1. The van der Waals surface area contributed by atoms with Gasteiger partial charge in [-0.05, 0) is 26.0 Å². The molecule has 0 radical (unpaired) electrons. The van der Waals surface area contributed by atoms with E-state index in [1.54, 1.807) is 11.0 Å². The third kappa shape index (κ3) is 3.02. The monoisotopic (exact) mass is 342 g/mol. The van der Waals surface area contributed by atoms with Crippen LogP contribution < -0.4 is 5.56 Å². The summed E-state index contributed by atoms with van der Waals surface area (Å²) in [5.41, 5.74) is -0.320. The van der Waals surface area contributed by atoms with Crippen LogP contribution in [0.25, 0.3) is 5.65 Å². The van der Waals surface area contributed by atoms with E-state index in [9.17, 15) is 14.7 Å². The van der Waals surface area contributed by atoms with Crippen molar-refractivity contribution >= 4 is 11.6 Å². The SMILES string of the molecule is C=CCN1CC(C)N(C(=O)c2cnc3c(O)cccn3c2=O)CC1C. The third-order valence-electron chi connectivity index (χ3n) is 4.68. The quantitative estimate of drug-likeness (QED) is 0.846. The number of nitrogens with zero attached hydrogens (tertiary/aromatic N) is 4. The van der Waals surface area contributed by atoms with Gasteiger partial charge < -0.3 is 10.0 Å². The molecule has 132 valence electrons. The summed E-state index contributed by atoms with van der Waals surface area (Å²) in [5, 5.41) is 9.80. The molecule has 2 aromatic heterocycles. The van der Waals surface area contributed by atoms with Gasteiger partial charge in [-0.1, -0.05) is 6.08 Å². The Morgan fingerprint density at radius 3 is 2.88 bits per heavy atom. The number of carbonyl (C=O) groups excluding carboxylic acids is 1. The van der Waals surface area contributed by atoms with Crippen molar-refractivity contribution in [3.05, 3.63) is 53.1 Å². The molecule has 1 aliphatic heterocycles. The van der Waals surface area contributed by atoms with Crippen molar-refractivity contribution < 1.29 is 9.90 Å². The Labute approximate surface area is 145 Å². The molecule has 1 fully saturated rings. The molecule has 0 aromatic carbocycles. The lowest BCUT2D eigenvalue weighted by molar-refractivity contribution is 0.0353. The van der Waals surface area contributed by atoms with E-state index >= 15 is 0 Å². The van der Waals surface area contributed by atoms with Crippen LogP contribution in [0.3, 0.4) is 0 Å². The molecule has 25 heavy (non-hydrogen) atoms. The minimum absolute atomic E-state index is 0.0133. The summed E-state index contributed by atoms with van der Waals surface area (Å²) in [4.78, 5) is 33.7. The second-order valence-electron chi connectivity index (χ2n) is 6.46. The summed E-state index contributed by atoms with van der Waals surface area (Å²) in [6.45, 7) is 9.83. The standard InChI is InChI=1S/C18H22N4O3/c1-4-7-20-10-13(3)22(11-12(20)2)18(25)14-9-19-16-15(23)6-5-8-21(16)17(14)24/h4-6,8-9,12-13,23H,1,7,10-11H2,2-3H3. The topological polar surface area (TPSA) is 78.2 Å². The highest BCUT2D eigenvalue weighted by molar-refractivity contribution is 5.94. The minimum atomic E-state index is -0.473. The Morgan fingerprint density at radius 1 is 1.40 bits per heavy atom. The summed E-state index contributed by atoms with van der Waals surface area (Å²) in [6, 6.07) is 3.15. The molecule has 1 aliphatic rings. The van der Waals surface area contributed by atoms with Crippen molar-refractivity contribution in [3.63, 3.8) is 0 Å². The van der Waals surface area contributed by atoms with Crippen LogP contribution in [0.1, 0.15) is 24.2 Å². The van der Waals surface area contributed by atoms with E-state index in [-0.39, 0.29) is 35.0 Å². The molecule has 7 nitrogen and oxygen atoms in total. The lowest BCUT2D eigenvalue weighted by Gasteiger charge is -2.43. The largest absolute Gasteiger partial charge is 0.504 e. The highest BCUT2D eigenvalue weighted by Crippen LogP contribution is 2.18. The molecule has 0 spiro atoms. The zero-order chi connectivity index (χ0) is 18.1. The van der Waals surface area contributed by atoms with Crippen LogP contribution in [0.5, 0.6) is 5.75 Å². The molecule has 0 saturated carbocycles. The van der Waals surface area contributed by atoms with Crippen molar-refractivity contribution in [1.29, 1.82) is 0 Å². The predicted molar refractivity (Wildman–Crippen MR) is 94.9 cm³/mol. The van der Waals surface area contributed by atoms with E-state index in [1.807, 2.05) is 13.0 Å². The summed E-state index contributed by atoms with van der Waals surface area (Å²) < 4.78 is 1.20. The van der Waals surface area contributed by atoms with E-state index in [1.165, 1.54) is 22.9 Å². The van der Waals surface area contributed by atoms with Gasteiger partial charge in [-0.25, -0.2) is 4.98 Å². The first-order chi connectivity index (χ1) is 11.9. The zero-order valence-electron chi connectivity index (χ0n) is 14.4. The number of hydrogen-bond donors (Lipinski definition) is 1. The van der Waals surface area contributed by atoms with Gasteiger partial charge in [0.25, 0.3) is 11.5 Å². The maximum Gasteiger partial charge on any atom is 0.270 e. The van der Waals surface area contributed by atoms with Crippen molar-refractivity contribution in [2.75, 3.05) is 19.6 Å². The molecule has 0 aliphatic carbocycles. The molecule has 7 heteroatoms. The van der Waals surface area contributed by atoms with E-state index in [4.69, 9.17) is 0 Å². The van der Waals surface area contributed by atoms with Gasteiger partial charge in [0.15, 0.2) is 11.4 Å². The molecule has 3 heterocycles. The number of carbonyl (C=O) groups is 1. The molecule has 1 N–H and O–H groups in total. The summed E-state index contributed by atoms with van der Waals surface area (Å²) in [7, 11) is 0. The zero-order valence-corrected chi connectivity index (χ0v) is 14.4. The number of fused-ring (bicyclic) bond motifs is 1. The molecule has 2 aromatic rings. The number of rotatable bonds is 3. The Hall–Kier alpha value is -2.67. The second-order valence-corrected chi connectivity index (χ2v) is 6.46. The van der Waals surface area contributed by atoms with Gasteiger partial charge in [0.05, 0.1) is 0 Å². The molecular formula is C18H22N4O3. The van der Waals surface area contributed by atoms with Gasteiger partial charge in [0.2, 0.25) is 0 Å². The molecule has 1 saturated heterocycles. The lowest BCUT2D eigenvalue weighted by Crippen LogP contribution is -2.58. The van der Waals surface area contributed by atoms with Crippen LogP contribution >= 0.6 is 0 Å². The highest BCUT2D eigenvalue weighted by Gasteiger charge is 2.33. The van der Waals surface area contributed by atoms with Gasteiger partial charge in [0, 0.05) is 44.1 Å². The fourth-order valence-corrected chi connectivity index (χ4v) is 3.29. The lowest BCUT2D eigenvalue weighted by atomic mass is 10.1. The first-order valence-electron chi connectivity index (χ1n) is 8.29.